The molecule has 0 aliphatic rings. The fraction of sp³-hybridized carbons (Fsp3) is 0.500. The molecule has 0 aromatic heterocycles. The number of sulfonamides is 1. The fourth-order valence-electron chi connectivity index (χ4n) is 1.87. The summed E-state index contributed by atoms with van der Waals surface area (Å²) in [6.07, 6.45) is 0.761. The van der Waals surface area contributed by atoms with Crippen molar-refractivity contribution in [3.8, 4) is 0 Å². The van der Waals surface area contributed by atoms with Crippen LogP contribution in [0.2, 0.25) is 0 Å². The van der Waals surface area contributed by atoms with Crippen LogP contribution in [-0.2, 0) is 10.0 Å². The van der Waals surface area contributed by atoms with Gasteiger partial charge >= 0.3 is 0 Å². The van der Waals surface area contributed by atoms with Gasteiger partial charge in [0.25, 0.3) is 0 Å². The monoisotopic (exact) mass is 412 g/mol. The topological polar surface area (TPSA) is 63.4 Å². The van der Waals surface area contributed by atoms with E-state index in [-0.39, 0.29) is 10.9 Å². The molecule has 2 N–H and O–H groups in total. The lowest BCUT2D eigenvalue weighted by atomic mass is 10.3. The molecule has 19 heavy (non-hydrogen) atoms. The van der Waals surface area contributed by atoms with Gasteiger partial charge in [-0.15, -0.1) is 0 Å². The highest BCUT2D eigenvalue weighted by atomic mass is 79.9. The van der Waals surface area contributed by atoms with Crippen molar-refractivity contribution in [2.24, 2.45) is 0 Å². The Balaban J connectivity index is 3.42. The molecule has 1 atom stereocenters. The second-order valence-electron chi connectivity index (χ2n) is 4.28. The highest BCUT2D eigenvalue weighted by Gasteiger charge is 2.30. The van der Waals surface area contributed by atoms with E-state index in [1.165, 1.54) is 4.31 Å². The second-order valence-corrected chi connectivity index (χ2v) is 7.82. The normalized spacial score (nSPS) is 13.8. The van der Waals surface area contributed by atoms with Crippen LogP contribution in [0.5, 0.6) is 0 Å². The van der Waals surface area contributed by atoms with Crippen LogP contribution in [0.25, 0.3) is 0 Å². The quantitative estimate of drug-likeness (QED) is 0.750. The molecule has 0 aliphatic heterocycles. The van der Waals surface area contributed by atoms with Gasteiger partial charge in [0.2, 0.25) is 10.0 Å². The average Bonchev–Trinajstić information content (AvgIpc) is 2.27. The Morgan fingerprint density at radius 2 is 1.74 bits per heavy atom. The Morgan fingerprint density at radius 1 is 1.26 bits per heavy atom. The van der Waals surface area contributed by atoms with E-state index in [1.807, 2.05) is 20.8 Å². The Bertz CT molecular complexity index is 538. The molecular weight excluding hydrogens is 396 g/mol. The number of halogens is 2. The molecule has 0 aliphatic carbocycles. The number of benzene rings is 1. The van der Waals surface area contributed by atoms with Gasteiger partial charge in [-0.2, -0.15) is 4.31 Å². The maximum atomic E-state index is 12.7. The van der Waals surface area contributed by atoms with Crippen molar-refractivity contribution >= 4 is 47.6 Å². The zero-order valence-corrected chi connectivity index (χ0v) is 15.1. The summed E-state index contributed by atoms with van der Waals surface area (Å²) in [5.41, 5.74) is 6.20. The van der Waals surface area contributed by atoms with Gasteiger partial charge in [0.05, 0.1) is 0 Å². The summed E-state index contributed by atoms with van der Waals surface area (Å²) in [5, 5.41) is 0. The van der Waals surface area contributed by atoms with Crippen molar-refractivity contribution in [1.82, 2.24) is 4.31 Å². The Morgan fingerprint density at radius 3 is 2.11 bits per heavy atom. The first-order valence-electron chi connectivity index (χ1n) is 6.02. The molecule has 0 saturated carbocycles. The van der Waals surface area contributed by atoms with Crippen LogP contribution in [0.15, 0.2) is 26.0 Å². The summed E-state index contributed by atoms with van der Waals surface area (Å²) in [5.74, 6) is 0. The lowest BCUT2D eigenvalue weighted by Gasteiger charge is -2.27. The smallest absolute Gasteiger partial charge is 0.245 e. The number of rotatable bonds is 5. The molecule has 7 heteroatoms. The minimum absolute atomic E-state index is 0.0497. The van der Waals surface area contributed by atoms with Gasteiger partial charge in [-0.05, 0) is 57.3 Å². The van der Waals surface area contributed by atoms with E-state index in [1.54, 1.807) is 12.1 Å². The van der Waals surface area contributed by atoms with Crippen molar-refractivity contribution < 1.29 is 8.42 Å². The first-order chi connectivity index (χ1) is 8.75. The molecule has 4 nitrogen and oxygen atoms in total. The molecule has 0 fully saturated rings. The molecule has 108 valence electrons. The zero-order valence-electron chi connectivity index (χ0n) is 11.2. The lowest BCUT2D eigenvalue weighted by Crippen LogP contribution is -2.38. The highest BCUT2D eigenvalue weighted by molar-refractivity contribution is 9.11. The molecule has 1 unspecified atom stereocenters. The lowest BCUT2D eigenvalue weighted by molar-refractivity contribution is 0.342. The molecule has 1 aromatic rings. The number of nitrogens with zero attached hydrogens (tertiary/aromatic N) is 1. The maximum Gasteiger partial charge on any atom is 0.245 e. The molecular formula is C12H18Br2N2O2S. The van der Waals surface area contributed by atoms with Gasteiger partial charge in [-0.1, -0.05) is 13.8 Å². The number of nitrogens with two attached hydrogens (primary N) is 1. The summed E-state index contributed by atoms with van der Waals surface area (Å²) in [6.45, 7) is 6.14. The molecule has 0 bridgehead atoms. The molecule has 1 rings (SSSR count). The first-order valence-corrected chi connectivity index (χ1v) is 9.04. The number of hydrogen-bond donors (Lipinski definition) is 1. The fourth-order valence-corrected chi connectivity index (χ4v) is 6.12. The summed E-state index contributed by atoms with van der Waals surface area (Å²) >= 11 is 6.57. The van der Waals surface area contributed by atoms with Gasteiger partial charge in [0, 0.05) is 27.2 Å². The Hall–Kier alpha value is -0.110. The average molecular weight is 414 g/mol. The van der Waals surface area contributed by atoms with Gasteiger partial charge < -0.3 is 5.73 Å². The van der Waals surface area contributed by atoms with Gasteiger partial charge in [0.1, 0.15) is 4.90 Å². The largest absolute Gasteiger partial charge is 0.399 e. The third-order valence-electron chi connectivity index (χ3n) is 2.98. The van der Waals surface area contributed by atoms with Crippen molar-refractivity contribution in [2.75, 3.05) is 12.3 Å². The molecule has 0 saturated heterocycles. The van der Waals surface area contributed by atoms with Crippen LogP contribution >= 0.6 is 31.9 Å². The van der Waals surface area contributed by atoms with E-state index in [4.69, 9.17) is 5.73 Å². The predicted octanol–water partition coefficient (Wildman–Crippen LogP) is 3.60. The minimum atomic E-state index is -3.56. The SMILES string of the molecule is CCC(C)N(CC)S(=O)(=O)c1c(Br)cc(N)cc1Br. The zero-order chi connectivity index (χ0) is 14.8. The summed E-state index contributed by atoms with van der Waals surface area (Å²) < 4.78 is 27.9. The van der Waals surface area contributed by atoms with Crippen LogP contribution in [0.3, 0.4) is 0 Å². The van der Waals surface area contributed by atoms with Crippen molar-refractivity contribution in [3.05, 3.63) is 21.1 Å². The first kappa shape index (κ1) is 16.9. The molecule has 0 radical (unpaired) electrons. The molecule has 0 heterocycles. The Kier molecular flexibility index (Phi) is 5.85. The van der Waals surface area contributed by atoms with E-state index < -0.39 is 10.0 Å². The standard InChI is InChI=1S/C12H18Br2N2O2S/c1-4-8(3)16(5-2)19(17,18)12-10(13)6-9(15)7-11(12)14/h6-8H,4-5,15H2,1-3H3. The predicted molar refractivity (Wildman–Crippen MR) is 85.6 cm³/mol. The summed E-state index contributed by atoms with van der Waals surface area (Å²) in [6, 6.07) is 3.15. The second kappa shape index (κ2) is 6.56. The third-order valence-corrected chi connectivity index (χ3v) is 6.95. The summed E-state index contributed by atoms with van der Waals surface area (Å²) in [4.78, 5) is 0.226. The number of hydrogen-bond acceptors (Lipinski definition) is 3. The van der Waals surface area contributed by atoms with Gasteiger partial charge in [0.15, 0.2) is 0 Å². The summed E-state index contributed by atoms with van der Waals surface area (Å²) in [7, 11) is -3.56. The van der Waals surface area contributed by atoms with Crippen molar-refractivity contribution in [1.29, 1.82) is 0 Å². The van der Waals surface area contributed by atoms with Crippen molar-refractivity contribution in [3.63, 3.8) is 0 Å². The van der Waals surface area contributed by atoms with Crippen LogP contribution in [0.4, 0.5) is 5.69 Å². The van der Waals surface area contributed by atoms with E-state index in [9.17, 15) is 8.42 Å². The molecule has 1 aromatic carbocycles. The number of anilines is 1. The van der Waals surface area contributed by atoms with Crippen LogP contribution < -0.4 is 5.73 Å². The minimum Gasteiger partial charge on any atom is -0.399 e. The van der Waals surface area contributed by atoms with Crippen LogP contribution in [-0.4, -0.2) is 25.3 Å². The van der Waals surface area contributed by atoms with E-state index >= 15 is 0 Å². The third kappa shape index (κ3) is 3.51. The van der Waals surface area contributed by atoms with Crippen LogP contribution in [0, 0.1) is 0 Å². The van der Waals surface area contributed by atoms with E-state index in [2.05, 4.69) is 31.9 Å². The molecule has 0 spiro atoms. The van der Waals surface area contributed by atoms with E-state index in [0.717, 1.165) is 6.42 Å². The van der Waals surface area contributed by atoms with E-state index in [0.29, 0.717) is 21.2 Å². The van der Waals surface area contributed by atoms with Crippen molar-refractivity contribution in [2.45, 2.75) is 38.1 Å². The van der Waals surface area contributed by atoms with Gasteiger partial charge in [-0.3, -0.25) is 0 Å². The highest BCUT2D eigenvalue weighted by Crippen LogP contribution is 2.35. The maximum absolute atomic E-state index is 12.7. The van der Waals surface area contributed by atoms with Gasteiger partial charge in [-0.25, -0.2) is 8.42 Å². The molecule has 0 amide bonds. The van der Waals surface area contributed by atoms with Crippen LogP contribution in [0.1, 0.15) is 27.2 Å². The number of nitrogen functional groups attached to an aromatic ring is 1. The Labute approximate surface area is 131 Å².